The molecule has 0 radical (unpaired) electrons. The summed E-state index contributed by atoms with van der Waals surface area (Å²) >= 11 is 11.5. The van der Waals surface area contributed by atoms with Gasteiger partial charge in [-0.1, -0.05) is 36.0 Å². The number of benzene rings is 2. The van der Waals surface area contributed by atoms with Gasteiger partial charge in [0.05, 0.1) is 21.2 Å². The van der Waals surface area contributed by atoms with Crippen molar-refractivity contribution in [2.24, 2.45) is 0 Å². The van der Waals surface area contributed by atoms with Crippen molar-refractivity contribution >= 4 is 34.8 Å². The predicted molar refractivity (Wildman–Crippen MR) is 106 cm³/mol. The summed E-state index contributed by atoms with van der Waals surface area (Å²) in [6.07, 6.45) is 2.96. The van der Waals surface area contributed by atoms with Crippen LogP contribution in [-0.2, 0) is 0 Å². The van der Waals surface area contributed by atoms with Crippen molar-refractivity contribution in [1.82, 2.24) is 0 Å². The first-order valence-electron chi connectivity index (χ1n) is 8.70. The van der Waals surface area contributed by atoms with Gasteiger partial charge in [0.1, 0.15) is 23.0 Å². The Hall–Kier alpha value is -2.44. The summed E-state index contributed by atoms with van der Waals surface area (Å²) in [6, 6.07) is 4.54. The zero-order valence-electron chi connectivity index (χ0n) is 14.9. The molecule has 0 aliphatic carbocycles. The molecule has 0 saturated carbocycles. The number of hydrogen-bond donors (Lipinski definition) is 4. The molecule has 8 heteroatoms. The van der Waals surface area contributed by atoms with Crippen molar-refractivity contribution in [3.8, 4) is 23.0 Å². The van der Waals surface area contributed by atoms with Crippen LogP contribution in [0.3, 0.4) is 0 Å². The lowest BCUT2D eigenvalue weighted by Gasteiger charge is -2.07. The van der Waals surface area contributed by atoms with Gasteiger partial charge in [-0.25, -0.2) is 0 Å². The van der Waals surface area contributed by atoms with Gasteiger partial charge in [-0.15, -0.1) is 0 Å². The first-order chi connectivity index (χ1) is 13.2. The summed E-state index contributed by atoms with van der Waals surface area (Å²) in [5.41, 5.74) is 0.135. The fourth-order valence-corrected chi connectivity index (χ4v) is 3.07. The van der Waals surface area contributed by atoms with Crippen molar-refractivity contribution in [2.45, 2.75) is 38.5 Å². The Bertz CT molecular complexity index is 821. The summed E-state index contributed by atoms with van der Waals surface area (Å²) in [5.74, 6) is -1.77. The lowest BCUT2D eigenvalue weighted by atomic mass is 10.0. The average Bonchev–Trinajstić information content (AvgIpc) is 2.63. The molecule has 0 aliphatic heterocycles. The fourth-order valence-electron chi connectivity index (χ4n) is 2.74. The van der Waals surface area contributed by atoms with E-state index in [4.69, 9.17) is 23.2 Å². The normalized spacial score (nSPS) is 10.8. The molecule has 0 amide bonds. The summed E-state index contributed by atoms with van der Waals surface area (Å²) in [4.78, 5) is 24.3. The maximum absolute atomic E-state index is 12.1. The molecule has 150 valence electrons. The van der Waals surface area contributed by atoms with Gasteiger partial charge in [0.25, 0.3) is 0 Å². The second-order valence-corrected chi connectivity index (χ2v) is 7.22. The number of carbonyl (C=O) groups is 2. The first kappa shape index (κ1) is 21.9. The van der Waals surface area contributed by atoms with Crippen LogP contribution in [0.1, 0.15) is 59.2 Å². The number of halogens is 2. The molecule has 2 aromatic carbocycles. The van der Waals surface area contributed by atoms with Crippen molar-refractivity contribution < 1.29 is 30.0 Å². The molecule has 0 saturated heterocycles. The minimum atomic E-state index is -0.315. The highest BCUT2D eigenvalue weighted by molar-refractivity contribution is 6.32. The SMILES string of the molecule is O=C(CCCCCCC(=O)c1cc(Cl)c(O)cc1O)c1cc(Cl)c(O)cc1O. The van der Waals surface area contributed by atoms with E-state index in [-0.39, 0.29) is 68.6 Å². The maximum atomic E-state index is 12.1. The van der Waals surface area contributed by atoms with Crippen LogP contribution < -0.4 is 0 Å². The van der Waals surface area contributed by atoms with Crippen molar-refractivity contribution in [3.63, 3.8) is 0 Å². The highest BCUT2D eigenvalue weighted by Gasteiger charge is 2.15. The first-order valence-corrected chi connectivity index (χ1v) is 9.45. The van der Waals surface area contributed by atoms with Crippen LogP contribution in [0.4, 0.5) is 0 Å². The van der Waals surface area contributed by atoms with Crippen LogP contribution in [0, 0.1) is 0 Å². The summed E-state index contributed by atoms with van der Waals surface area (Å²) in [5, 5.41) is 38.2. The van der Waals surface area contributed by atoms with Gasteiger partial charge in [0.2, 0.25) is 0 Å². The van der Waals surface area contributed by atoms with Crippen LogP contribution in [0.2, 0.25) is 10.0 Å². The van der Waals surface area contributed by atoms with E-state index in [9.17, 15) is 30.0 Å². The number of unbranched alkanes of at least 4 members (excludes halogenated alkanes) is 3. The molecule has 0 spiro atoms. The Kier molecular flexibility index (Phi) is 7.54. The van der Waals surface area contributed by atoms with Crippen LogP contribution >= 0.6 is 23.2 Å². The fraction of sp³-hybridized carbons (Fsp3) is 0.300. The van der Waals surface area contributed by atoms with Gasteiger partial charge in [0.15, 0.2) is 11.6 Å². The molecule has 0 fully saturated rings. The van der Waals surface area contributed by atoms with E-state index in [0.717, 1.165) is 12.1 Å². The van der Waals surface area contributed by atoms with Crippen molar-refractivity contribution in [3.05, 3.63) is 45.4 Å². The monoisotopic (exact) mass is 426 g/mol. The largest absolute Gasteiger partial charge is 0.507 e. The predicted octanol–water partition coefficient (Wildman–Crippen LogP) is 5.22. The van der Waals surface area contributed by atoms with E-state index in [1.807, 2.05) is 0 Å². The van der Waals surface area contributed by atoms with Crippen LogP contribution in [0.25, 0.3) is 0 Å². The van der Waals surface area contributed by atoms with Gasteiger partial charge >= 0.3 is 0 Å². The quantitative estimate of drug-likeness (QED) is 0.322. The van der Waals surface area contributed by atoms with Crippen LogP contribution in [0.5, 0.6) is 23.0 Å². The number of Topliss-reactive ketones (excluding diaryl/α,β-unsaturated/α-hetero) is 2. The van der Waals surface area contributed by atoms with Crippen molar-refractivity contribution in [1.29, 1.82) is 0 Å². The molecule has 2 aromatic rings. The third-order valence-corrected chi connectivity index (χ3v) is 4.89. The molecule has 4 N–H and O–H groups in total. The van der Waals surface area contributed by atoms with Gasteiger partial charge < -0.3 is 20.4 Å². The van der Waals surface area contributed by atoms with Gasteiger partial charge in [-0.3, -0.25) is 9.59 Å². The number of rotatable bonds is 9. The van der Waals surface area contributed by atoms with E-state index in [1.165, 1.54) is 12.1 Å². The topological polar surface area (TPSA) is 115 Å². The highest BCUT2D eigenvalue weighted by atomic mass is 35.5. The summed E-state index contributed by atoms with van der Waals surface area (Å²) < 4.78 is 0. The Morgan fingerprint density at radius 2 is 0.964 bits per heavy atom. The zero-order valence-corrected chi connectivity index (χ0v) is 16.4. The zero-order chi connectivity index (χ0) is 20.8. The van der Waals surface area contributed by atoms with E-state index in [1.54, 1.807) is 0 Å². The Balaban J connectivity index is 1.75. The Labute approximate surface area is 172 Å². The highest BCUT2D eigenvalue weighted by Crippen LogP contribution is 2.33. The van der Waals surface area contributed by atoms with Crippen LogP contribution in [-0.4, -0.2) is 32.0 Å². The average molecular weight is 427 g/mol. The lowest BCUT2D eigenvalue weighted by Crippen LogP contribution is -2.01. The van der Waals surface area contributed by atoms with Crippen molar-refractivity contribution in [2.75, 3.05) is 0 Å². The molecule has 0 atom stereocenters. The summed E-state index contributed by atoms with van der Waals surface area (Å²) in [6.45, 7) is 0. The lowest BCUT2D eigenvalue weighted by molar-refractivity contribution is 0.0963. The molecular formula is C20H20Cl2O6. The number of phenolic OH excluding ortho intramolecular Hbond substituents is 4. The molecular weight excluding hydrogens is 407 g/mol. The van der Waals surface area contributed by atoms with E-state index in [0.29, 0.717) is 25.7 Å². The number of carbonyl (C=O) groups excluding carboxylic acids is 2. The second-order valence-electron chi connectivity index (χ2n) is 6.40. The smallest absolute Gasteiger partial charge is 0.166 e. The third kappa shape index (κ3) is 5.53. The molecule has 6 nitrogen and oxygen atoms in total. The minimum Gasteiger partial charge on any atom is -0.507 e. The molecule has 2 rings (SSSR count). The van der Waals surface area contributed by atoms with E-state index in [2.05, 4.69) is 0 Å². The van der Waals surface area contributed by atoms with Gasteiger partial charge in [-0.2, -0.15) is 0 Å². The standard InChI is InChI=1S/C20H20Cl2O6/c21-13-7-11(17(25)9-19(13)27)15(23)5-3-1-2-4-6-16(24)12-8-14(22)20(28)10-18(12)26/h7-10,25-28H,1-6H2. The van der Waals surface area contributed by atoms with Gasteiger partial charge in [0, 0.05) is 25.0 Å². The molecule has 0 unspecified atom stereocenters. The number of hydrogen-bond acceptors (Lipinski definition) is 6. The van der Waals surface area contributed by atoms with E-state index < -0.39 is 0 Å². The number of ketones is 2. The number of aromatic hydroxyl groups is 4. The van der Waals surface area contributed by atoms with Crippen LogP contribution in [0.15, 0.2) is 24.3 Å². The molecule has 28 heavy (non-hydrogen) atoms. The van der Waals surface area contributed by atoms with E-state index >= 15 is 0 Å². The van der Waals surface area contributed by atoms with Gasteiger partial charge in [-0.05, 0) is 25.0 Å². The molecule has 0 aromatic heterocycles. The Morgan fingerprint density at radius 1 is 0.607 bits per heavy atom. The Morgan fingerprint density at radius 3 is 1.32 bits per heavy atom. The molecule has 0 aliphatic rings. The maximum Gasteiger partial charge on any atom is 0.166 e. The minimum absolute atomic E-state index is 0.00255. The molecule has 0 bridgehead atoms. The second kappa shape index (κ2) is 9.66. The summed E-state index contributed by atoms with van der Waals surface area (Å²) in [7, 11) is 0. The number of phenols is 4. The molecule has 0 heterocycles. The third-order valence-electron chi connectivity index (χ3n) is 4.29.